The summed E-state index contributed by atoms with van der Waals surface area (Å²) in [6, 6.07) is 3.91. The molecule has 5 heteroatoms. The average molecular weight is 320 g/mol. The highest BCUT2D eigenvalue weighted by atomic mass is 35.5. The summed E-state index contributed by atoms with van der Waals surface area (Å²) in [5, 5.41) is 1.06. The van der Waals surface area contributed by atoms with Gasteiger partial charge in [-0.05, 0) is 24.5 Å². The smallest absolute Gasteiger partial charge is 0.125 e. The van der Waals surface area contributed by atoms with Gasteiger partial charge in [0, 0.05) is 6.04 Å². The maximum absolute atomic E-state index is 6.12. The Balaban J connectivity index is 2.74. The normalized spacial score (nSPS) is 14.1. The Morgan fingerprint density at radius 3 is 2.32 bits per heavy atom. The Labute approximate surface area is 128 Å². The Morgan fingerprint density at radius 1 is 1.21 bits per heavy atom. The van der Waals surface area contributed by atoms with Crippen molar-refractivity contribution in [3.63, 3.8) is 0 Å². The summed E-state index contributed by atoms with van der Waals surface area (Å²) in [6.45, 7) is 8.75. The van der Waals surface area contributed by atoms with Gasteiger partial charge in [0.1, 0.15) is 5.82 Å². The molecule has 0 fully saturated rings. The van der Waals surface area contributed by atoms with Gasteiger partial charge in [0.25, 0.3) is 0 Å². The van der Waals surface area contributed by atoms with Crippen LogP contribution in [0.15, 0.2) is 12.1 Å². The van der Waals surface area contributed by atoms with E-state index in [0.29, 0.717) is 15.9 Å². The molecule has 0 spiro atoms. The van der Waals surface area contributed by atoms with E-state index in [4.69, 9.17) is 34.8 Å². The summed E-state index contributed by atoms with van der Waals surface area (Å²) in [6.07, 6.45) is 0. The predicted molar refractivity (Wildman–Crippen MR) is 83.5 cm³/mol. The molecule has 0 aliphatic carbocycles. The van der Waals surface area contributed by atoms with Crippen molar-refractivity contribution in [2.24, 2.45) is 5.41 Å². The number of nitrogens with zero attached hydrogens (tertiary/aromatic N) is 2. The molecule has 19 heavy (non-hydrogen) atoms. The summed E-state index contributed by atoms with van der Waals surface area (Å²) in [5.41, 5.74) is 1.91. The van der Waals surface area contributed by atoms with E-state index in [1.165, 1.54) is 0 Å². The molecule has 1 atom stereocenters. The molecule has 0 N–H and O–H groups in total. The molecular weight excluding hydrogens is 303 g/mol. The minimum Gasteiger partial charge on any atom is -0.324 e. The number of imidazole rings is 1. The fourth-order valence-corrected chi connectivity index (χ4v) is 2.56. The van der Waals surface area contributed by atoms with E-state index in [1.807, 2.05) is 6.07 Å². The van der Waals surface area contributed by atoms with Crippen LogP contribution in [0.2, 0.25) is 10.0 Å². The first-order valence-corrected chi connectivity index (χ1v) is 7.46. The van der Waals surface area contributed by atoms with Crippen LogP contribution in [0.1, 0.15) is 39.6 Å². The van der Waals surface area contributed by atoms with Crippen LogP contribution in [0.4, 0.5) is 0 Å². The highest BCUT2D eigenvalue weighted by molar-refractivity contribution is 6.42. The number of halogens is 3. The minimum atomic E-state index is 0.0978. The molecule has 0 amide bonds. The molecule has 1 aromatic carbocycles. The summed E-state index contributed by atoms with van der Waals surface area (Å²) in [4.78, 5) is 4.56. The molecule has 1 aromatic heterocycles. The first-order chi connectivity index (χ1) is 8.75. The van der Waals surface area contributed by atoms with Crippen molar-refractivity contribution in [1.29, 1.82) is 0 Å². The van der Waals surface area contributed by atoms with Crippen LogP contribution in [0.25, 0.3) is 11.0 Å². The summed E-state index contributed by atoms with van der Waals surface area (Å²) in [5.74, 6) is 1.21. The lowest BCUT2D eigenvalue weighted by molar-refractivity contribution is 0.264. The number of benzene rings is 1. The molecule has 104 valence electrons. The molecule has 0 radical (unpaired) electrons. The van der Waals surface area contributed by atoms with Gasteiger partial charge in [-0.25, -0.2) is 4.98 Å². The second-order valence-corrected chi connectivity index (χ2v) is 6.91. The van der Waals surface area contributed by atoms with Gasteiger partial charge in [0.15, 0.2) is 0 Å². The molecule has 0 aliphatic heterocycles. The lowest BCUT2D eigenvalue weighted by Gasteiger charge is -2.30. The monoisotopic (exact) mass is 318 g/mol. The number of aromatic nitrogens is 2. The Hall–Kier alpha value is -0.440. The Bertz CT molecular complexity index is 611. The molecule has 1 unspecified atom stereocenters. The zero-order chi connectivity index (χ0) is 14.4. The molecule has 2 rings (SSSR count). The SMILES string of the molecule is CC(n1c(CCl)nc2cc(Cl)c(Cl)cc21)C(C)(C)C. The van der Waals surface area contributed by atoms with Crippen LogP contribution in [0.3, 0.4) is 0 Å². The maximum Gasteiger partial charge on any atom is 0.125 e. The first kappa shape index (κ1) is 15.0. The van der Waals surface area contributed by atoms with E-state index in [9.17, 15) is 0 Å². The highest BCUT2D eigenvalue weighted by Gasteiger charge is 2.26. The van der Waals surface area contributed by atoms with Gasteiger partial charge in [-0.15, -0.1) is 11.6 Å². The number of alkyl halides is 1. The topological polar surface area (TPSA) is 17.8 Å². The first-order valence-electron chi connectivity index (χ1n) is 6.17. The quantitative estimate of drug-likeness (QED) is 0.650. The third-order valence-corrected chi connectivity index (χ3v) is 4.53. The molecule has 0 bridgehead atoms. The highest BCUT2D eigenvalue weighted by Crippen LogP contribution is 2.36. The Kier molecular flexibility index (Phi) is 4.06. The molecule has 0 aliphatic rings. The zero-order valence-corrected chi connectivity index (χ0v) is 13.7. The fourth-order valence-electron chi connectivity index (χ4n) is 2.05. The molecule has 0 saturated carbocycles. The van der Waals surface area contributed by atoms with Crippen molar-refractivity contribution in [1.82, 2.24) is 9.55 Å². The van der Waals surface area contributed by atoms with Crippen molar-refractivity contribution in [2.75, 3.05) is 0 Å². The van der Waals surface area contributed by atoms with E-state index in [0.717, 1.165) is 16.9 Å². The summed E-state index contributed by atoms with van der Waals surface area (Å²) >= 11 is 18.2. The van der Waals surface area contributed by atoms with Crippen LogP contribution >= 0.6 is 34.8 Å². The van der Waals surface area contributed by atoms with Gasteiger partial charge in [-0.3, -0.25) is 0 Å². The summed E-state index contributed by atoms with van der Waals surface area (Å²) in [7, 11) is 0. The van der Waals surface area contributed by atoms with Crippen molar-refractivity contribution in [2.45, 2.75) is 39.6 Å². The van der Waals surface area contributed by atoms with Gasteiger partial charge < -0.3 is 4.57 Å². The van der Waals surface area contributed by atoms with Crippen LogP contribution < -0.4 is 0 Å². The largest absolute Gasteiger partial charge is 0.324 e. The van der Waals surface area contributed by atoms with E-state index in [-0.39, 0.29) is 11.5 Å². The second kappa shape index (κ2) is 5.16. The predicted octanol–water partition coefficient (Wildman–Crippen LogP) is 5.69. The zero-order valence-electron chi connectivity index (χ0n) is 11.5. The van der Waals surface area contributed by atoms with Gasteiger partial charge in [0.05, 0.1) is 27.0 Å². The van der Waals surface area contributed by atoms with Gasteiger partial charge >= 0.3 is 0 Å². The third kappa shape index (κ3) is 2.72. The Morgan fingerprint density at radius 2 is 1.79 bits per heavy atom. The van der Waals surface area contributed by atoms with Crippen molar-refractivity contribution in [3.05, 3.63) is 28.0 Å². The number of hydrogen-bond donors (Lipinski definition) is 0. The van der Waals surface area contributed by atoms with E-state index in [1.54, 1.807) is 6.07 Å². The molecule has 1 heterocycles. The van der Waals surface area contributed by atoms with Gasteiger partial charge in [-0.1, -0.05) is 44.0 Å². The molecule has 2 nitrogen and oxygen atoms in total. The van der Waals surface area contributed by atoms with Crippen molar-refractivity contribution >= 4 is 45.8 Å². The van der Waals surface area contributed by atoms with Crippen molar-refractivity contribution < 1.29 is 0 Å². The lowest BCUT2D eigenvalue weighted by atomic mass is 9.87. The third-order valence-electron chi connectivity index (χ3n) is 3.56. The van der Waals surface area contributed by atoms with E-state index < -0.39 is 0 Å². The van der Waals surface area contributed by atoms with Crippen LogP contribution in [-0.2, 0) is 5.88 Å². The minimum absolute atomic E-state index is 0.0978. The van der Waals surface area contributed by atoms with Crippen LogP contribution in [0, 0.1) is 5.41 Å². The standard InChI is InChI=1S/C14H17Cl3N2/c1-8(14(2,3)4)19-12-6-10(17)9(16)5-11(12)18-13(19)7-15/h5-6,8H,7H2,1-4H3. The maximum atomic E-state index is 6.12. The van der Waals surface area contributed by atoms with E-state index >= 15 is 0 Å². The molecular formula is C14H17Cl3N2. The lowest BCUT2D eigenvalue weighted by Crippen LogP contribution is -2.22. The molecule has 0 saturated heterocycles. The molecule has 2 aromatic rings. The average Bonchev–Trinajstić information content (AvgIpc) is 2.65. The number of hydrogen-bond acceptors (Lipinski definition) is 1. The van der Waals surface area contributed by atoms with Crippen LogP contribution in [-0.4, -0.2) is 9.55 Å². The number of rotatable bonds is 2. The van der Waals surface area contributed by atoms with Crippen LogP contribution in [0.5, 0.6) is 0 Å². The number of fused-ring (bicyclic) bond motifs is 1. The fraction of sp³-hybridized carbons (Fsp3) is 0.500. The van der Waals surface area contributed by atoms with Crippen molar-refractivity contribution in [3.8, 4) is 0 Å². The van der Waals surface area contributed by atoms with Gasteiger partial charge in [-0.2, -0.15) is 0 Å². The second-order valence-electron chi connectivity index (χ2n) is 5.83. The van der Waals surface area contributed by atoms with Gasteiger partial charge in [0.2, 0.25) is 0 Å². The van der Waals surface area contributed by atoms with E-state index in [2.05, 4.69) is 37.2 Å². The summed E-state index contributed by atoms with van der Waals surface area (Å²) < 4.78 is 2.16.